The van der Waals surface area contributed by atoms with E-state index in [4.69, 9.17) is 5.14 Å². The van der Waals surface area contributed by atoms with Crippen molar-refractivity contribution in [2.45, 2.75) is 44.6 Å². The molecule has 27 heavy (non-hydrogen) atoms. The van der Waals surface area contributed by atoms with Crippen molar-refractivity contribution >= 4 is 16.0 Å². The normalized spacial score (nSPS) is 17.1. The molecule has 0 aliphatic carbocycles. The van der Waals surface area contributed by atoms with E-state index in [-0.39, 0.29) is 4.90 Å². The molecule has 0 atom stereocenters. The van der Waals surface area contributed by atoms with Crippen molar-refractivity contribution in [2.75, 3.05) is 32.7 Å². The molecule has 1 heterocycles. The Bertz CT molecular complexity index is 695. The standard InChI is InChI=1S/C19H33N5O2S/c1-3-21-19(22-11-4-12-24-13-9-16(2)10-14-24)23-15-17-5-7-18(8-6-17)27(20,25)26/h5-8,16H,3-4,9-15H2,1-2H3,(H2,20,25,26)(H2,21,22,23). The van der Waals surface area contributed by atoms with Crippen LogP contribution in [0.5, 0.6) is 0 Å². The van der Waals surface area contributed by atoms with Crippen LogP contribution in [0.3, 0.4) is 0 Å². The van der Waals surface area contributed by atoms with E-state index in [0.29, 0.717) is 6.54 Å². The molecule has 4 N–H and O–H groups in total. The summed E-state index contributed by atoms with van der Waals surface area (Å²) in [5.74, 6) is 1.64. The highest BCUT2D eigenvalue weighted by molar-refractivity contribution is 7.89. The van der Waals surface area contributed by atoms with E-state index in [1.807, 2.05) is 6.92 Å². The molecule has 0 radical (unpaired) electrons. The Kier molecular flexibility index (Phi) is 8.53. The lowest BCUT2D eigenvalue weighted by Gasteiger charge is -2.30. The maximum Gasteiger partial charge on any atom is 0.238 e. The quantitative estimate of drug-likeness (QED) is 0.352. The van der Waals surface area contributed by atoms with Gasteiger partial charge in [0.1, 0.15) is 0 Å². The monoisotopic (exact) mass is 395 g/mol. The van der Waals surface area contributed by atoms with Gasteiger partial charge in [0.2, 0.25) is 10.0 Å². The van der Waals surface area contributed by atoms with Crippen LogP contribution in [0.25, 0.3) is 0 Å². The van der Waals surface area contributed by atoms with Crippen LogP contribution in [-0.4, -0.2) is 52.0 Å². The van der Waals surface area contributed by atoms with Gasteiger partial charge < -0.3 is 15.5 Å². The summed E-state index contributed by atoms with van der Waals surface area (Å²) in [5, 5.41) is 11.7. The number of nitrogens with one attached hydrogen (secondary N) is 2. The van der Waals surface area contributed by atoms with Gasteiger partial charge in [0, 0.05) is 13.1 Å². The Balaban J connectivity index is 1.78. The molecular weight excluding hydrogens is 362 g/mol. The minimum absolute atomic E-state index is 0.118. The van der Waals surface area contributed by atoms with E-state index in [1.54, 1.807) is 12.1 Å². The molecule has 0 unspecified atom stereocenters. The minimum atomic E-state index is -3.65. The van der Waals surface area contributed by atoms with Crippen molar-refractivity contribution in [2.24, 2.45) is 16.0 Å². The Hall–Kier alpha value is -1.64. The number of aliphatic imine (C=N–C) groups is 1. The first-order valence-electron chi connectivity index (χ1n) is 9.74. The number of hydrogen-bond donors (Lipinski definition) is 3. The number of likely N-dealkylation sites (tertiary alicyclic amines) is 1. The molecule has 0 saturated carbocycles. The van der Waals surface area contributed by atoms with Crippen molar-refractivity contribution in [3.63, 3.8) is 0 Å². The number of primary sulfonamides is 1. The minimum Gasteiger partial charge on any atom is -0.357 e. The van der Waals surface area contributed by atoms with Gasteiger partial charge >= 0.3 is 0 Å². The predicted octanol–water partition coefficient (Wildman–Crippen LogP) is 1.51. The van der Waals surface area contributed by atoms with Crippen molar-refractivity contribution in [1.82, 2.24) is 15.5 Å². The van der Waals surface area contributed by atoms with E-state index < -0.39 is 10.0 Å². The molecule has 0 aromatic heterocycles. The Labute approximate surface area is 163 Å². The fourth-order valence-electron chi connectivity index (χ4n) is 3.09. The van der Waals surface area contributed by atoms with Gasteiger partial charge in [0.15, 0.2) is 5.96 Å². The fourth-order valence-corrected chi connectivity index (χ4v) is 3.61. The zero-order valence-corrected chi connectivity index (χ0v) is 17.3. The fraction of sp³-hybridized carbons (Fsp3) is 0.632. The number of benzene rings is 1. The second-order valence-electron chi connectivity index (χ2n) is 7.19. The zero-order chi connectivity index (χ0) is 19.7. The van der Waals surface area contributed by atoms with E-state index in [0.717, 1.165) is 43.5 Å². The van der Waals surface area contributed by atoms with Crippen molar-refractivity contribution < 1.29 is 8.42 Å². The molecule has 1 aliphatic rings. The molecule has 1 aromatic rings. The molecule has 7 nitrogen and oxygen atoms in total. The second kappa shape index (κ2) is 10.6. The van der Waals surface area contributed by atoms with Gasteiger partial charge in [0.25, 0.3) is 0 Å². The molecule has 1 fully saturated rings. The number of guanidine groups is 1. The number of rotatable bonds is 8. The lowest BCUT2D eigenvalue weighted by molar-refractivity contribution is 0.191. The van der Waals surface area contributed by atoms with Crippen molar-refractivity contribution in [1.29, 1.82) is 0 Å². The summed E-state index contributed by atoms with van der Waals surface area (Å²) in [4.78, 5) is 7.23. The van der Waals surface area contributed by atoms with Gasteiger partial charge in [-0.3, -0.25) is 0 Å². The van der Waals surface area contributed by atoms with Crippen LogP contribution in [0.1, 0.15) is 38.7 Å². The van der Waals surface area contributed by atoms with Gasteiger partial charge in [-0.05, 0) is 69.4 Å². The number of piperidine rings is 1. The van der Waals surface area contributed by atoms with Crippen LogP contribution in [0.15, 0.2) is 34.2 Å². The van der Waals surface area contributed by atoms with Crippen LogP contribution < -0.4 is 15.8 Å². The van der Waals surface area contributed by atoms with Crippen molar-refractivity contribution in [3.05, 3.63) is 29.8 Å². The first kappa shape index (κ1) is 21.7. The number of nitrogens with zero attached hydrogens (tertiary/aromatic N) is 2. The van der Waals surface area contributed by atoms with Crippen LogP contribution in [0.4, 0.5) is 0 Å². The zero-order valence-electron chi connectivity index (χ0n) is 16.4. The van der Waals surface area contributed by atoms with Crippen LogP contribution in [0, 0.1) is 5.92 Å². The summed E-state index contributed by atoms with van der Waals surface area (Å²) in [6.07, 6.45) is 3.70. The number of hydrogen-bond acceptors (Lipinski definition) is 4. The Morgan fingerprint density at radius 3 is 2.48 bits per heavy atom. The molecule has 152 valence electrons. The van der Waals surface area contributed by atoms with Gasteiger partial charge in [-0.15, -0.1) is 0 Å². The molecule has 8 heteroatoms. The average Bonchev–Trinajstić information content (AvgIpc) is 2.64. The molecule has 1 aromatic carbocycles. The predicted molar refractivity (Wildman–Crippen MR) is 110 cm³/mol. The molecule has 2 rings (SSSR count). The van der Waals surface area contributed by atoms with Crippen LogP contribution in [-0.2, 0) is 16.6 Å². The first-order valence-corrected chi connectivity index (χ1v) is 11.3. The van der Waals surface area contributed by atoms with E-state index in [1.165, 1.54) is 38.1 Å². The SMILES string of the molecule is CCNC(=NCc1ccc(S(N)(=O)=O)cc1)NCCCN1CCC(C)CC1. The summed E-state index contributed by atoms with van der Waals surface area (Å²) in [6.45, 7) is 10.1. The summed E-state index contributed by atoms with van der Waals surface area (Å²) in [6, 6.07) is 6.51. The lowest BCUT2D eigenvalue weighted by atomic mass is 9.99. The summed E-state index contributed by atoms with van der Waals surface area (Å²) in [7, 11) is -3.65. The van der Waals surface area contributed by atoms with E-state index in [2.05, 4.69) is 27.4 Å². The molecule has 1 aliphatic heterocycles. The second-order valence-corrected chi connectivity index (χ2v) is 8.75. The molecule has 0 amide bonds. The highest BCUT2D eigenvalue weighted by atomic mass is 32.2. The Morgan fingerprint density at radius 1 is 1.22 bits per heavy atom. The topological polar surface area (TPSA) is 99.8 Å². The summed E-state index contributed by atoms with van der Waals surface area (Å²) >= 11 is 0. The molecule has 0 bridgehead atoms. The largest absolute Gasteiger partial charge is 0.357 e. The molecule has 1 saturated heterocycles. The maximum absolute atomic E-state index is 11.3. The third-order valence-electron chi connectivity index (χ3n) is 4.84. The highest BCUT2D eigenvalue weighted by Crippen LogP contribution is 2.15. The first-order chi connectivity index (χ1) is 12.9. The average molecular weight is 396 g/mol. The van der Waals surface area contributed by atoms with Gasteiger partial charge in [-0.25, -0.2) is 18.5 Å². The van der Waals surface area contributed by atoms with Gasteiger partial charge in [-0.1, -0.05) is 19.1 Å². The lowest BCUT2D eigenvalue weighted by Crippen LogP contribution is -2.39. The smallest absolute Gasteiger partial charge is 0.238 e. The number of nitrogens with two attached hydrogens (primary N) is 1. The summed E-state index contributed by atoms with van der Waals surface area (Å²) in [5.41, 5.74) is 0.932. The third-order valence-corrected chi connectivity index (χ3v) is 5.76. The highest BCUT2D eigenvalue weighted by Gasteiger charge is 2.14. The van der Waals surface area contributed by atoms with E-state index >= 15 is 0 Å². The maximum atomic E-state index is 11.3. The van der Waals surface area contributed by atoms with Gasteiger partial charge in [0.05, 0.1) is 11.4 Å². The van der Waals surface area contributed by atoms with Crippen LogP contribution >= 0.6 is 0 Å². The number of sulfonamides is 1. The van der Waals surface area contributed by atoms with Crippen LogP contribution in [0.2, 0.25) is 0 Å². The third kappa shape index (κ3) is 7.86. The Morgan fingerprint density at radius 2 is 1.89 bits per heavy atom. The molecule has 0 spiro atoms. The van der Waals surface area contributed by atoms with Gasteiger partial charge in [-0.2, -0.15) is 0 Å². The molecular formula is C19H33N5O2S. The summed E-state index contributed by atoms with van der Waals surface area (Å²) < 4.78 is 22.6. The van der Waals surface area contributed by atoms with E-state index in [9.17, 15) is 8.42 Å². The van der Waals surface area contributed by atoms with Crippen molar-refractivity contribution in [3.8, 4) is 0 Å².